The first-order valence-corrected chi connectivity index (χ1v) is 30.8. The Morgan fingerprint density at radius 3 is 0.831 bits per heavy atom. The highest BCUT2D eigenvalue weighted by Gasteiger charge is 2.19. The van der Waals surface area contributed by atoms with Crippen LogP contribution in [-0.4, -0.2) is 37.2 Å². The minimum atomic E-state index is -0.784. The second-order valence-corrected chi connectivity index (χ2v) is 20.6. The summed E-state index contributed by atoms with van der Waals surface area (Å²) in [4.78, 5) is 38.3. The van der Waals surface area contributed by atoms with Gasteiger partial charge in [-0.3, -0.25) is 14.4 Å². The van der Waals surface area contributed by atoms with Crippen molar-refractivity contribution >= 4 is 17.9 Å². The number of ether oxygens (including phenoxy) is 3. The highest BCUT2D eigenvalue weighted by Crippen LogP contribution is 2.16. The van der Waals surface area contributed by atoms with Gasteiger partial charge in [0, 0.05) is 19.3 Å². The SMILES string of the molecule is CCCCC/C=C\C/C=C\CCCCCCCCCC(=O)OCC(COC(=O)CCCCCCCCC/C=C\C/C=C\CCCCCC)OC(=O)CCCCCCCCC/C=C\CCCCCCCCC. The van der Waals surface area contributed by atoms with Crippen molar-refractivity contribution in [1.29, 1.82) is 0 Å². The monoisotopic (exact) mass is 993 g/mol. The van der Waals surface area contributed by atoms with Crippen molar-refractivity contribution < 1.29 is 28.6 Å². The van der Waals surface area contributed by atoms with Crippen LogP contribution >= 0.6 is 0 Å². The molecule has 0 amide bonds. The molecule has 0 bridgehead atoms. The van der Waals surface area contributed by atoms with E-state index in [9.17, 15) is 14.4 Å². The fourth-order valence-corrected chi connectivity index (χ4v) is 8.79. The van der Waals surface area contributed by atoms with Gasteiger partial charge < -0.3 is 14.2 Å². The Balaban J connectivity index is 4.40. The van der Waals surface area contributed by atoms with Crippen molar-refractivity contribution in [2.45, 2.75) is 322 Å². The summed E-state index contributed by atoms with van der Waals surface area (Å²) in [5, 5.41) is 0. The molecule has 6 heteroatoms. The summed E-state index contributed by atoms with van der Waals surface area (Å²) in [5.41, 5.74) is 0. The zero-order valence-corrected chi connectivity index (χ0v) is 47.2. The summed E-state index contributed by atoms with van der Waals surface area (Å²) >= 11 is 0. The van der Waals surface area contributed by atoms with E-state index in [4.69, 9.17) is 14.2 Å². The molecule has 0 N–H and O–H groups in total. The molecule has 0 saturated carbocycles. The van der Waals surface area contributed by atoms with E-state index in [-0.39, 0.29) is 31.1 Å². The van der Waals surface area contributed by atoms with Gasteiger partial charge in [0.1, 0.15) is 13.2 Å². The van der Waals surface area contributed by atoms with Crippen LogP contribution in [0.15, 0.2) is 60.8 Å². The molecule has 0 aromatic heterocycles. The quantitative estimate of drug-likeness (QED) is 0.0261. The molecule has 71 heavy (non-hydrogen) atoms. The molecular weight excluding hydrogens is 877 g/mol. The van der Waals surface area contributed by atoms with Crippen molar-refractivity contribution in [3.8, 4) is 0 Å². The summed E-state index contributed by atoms with van der Waals surface area (Å²) in [6, 6.07) is 0. The Bertz CT molecular complexity index is 1280. The average Bonchev–Trinajstić information content (AvgIpc) is 3.37. The van der Waals surface area contributed by atoms with E-state index in [1.807, 2.05) is 0 Å². The zero-order valence-electron chi connectivity index (χ0n) is 47.2. The first kappa shape index (κ1) is 68.1. The third kappa shape index (κ3) is 57.9. The first-order valence-electron chi connectivity index (χ1n) is 30.8. The molecule has 0 aliphatic rings. The van der Waals surface area contributed by atoms with Gasteiger partial charge in [-0.15, -0.1) is 0 Å². The summed E-state index contributed by atoms with van der Waals surface area (Å²) in [7, 11) is 0. The van der Waals surface area contributed by atoms with Crippen LogP contribution in [0.3, 0.4) is 0 Å². The summed E-state index contributed by atoms with van der Waals surface area (Å²) in [6.07, 6.45) is 74.9. The van der Waals surface area contributed by atoms with Gasteiger partial charge >= 0.3 is 17.9 Å². The molecule has 0 saturated heterocycles. The van der Waals surface area contributed by atoms with Crippen LogP contribution in [-0.2, 0) is 28.6 Å². The molecule has 0 aromatic rings. The van der Waals surface area contributed by atoms with Crippen molar-refractivity contribution in [3.63, 3.8) is 0 Å². The molecule has 0 aliphatic carbocycles. The third-order valence-electron chi connectivity index (χ3n) is 13.5. The molecule has 0 rings (SSSR count). The van der Waals surface area contributed by atoms with Gasteiger partial charge in [-0.05, 0) is 109 Å². The minimum absolute atomic E-state index is 0.0814. The van der Waals surface area contributed by atoms with Crippen LogP contribution in [0.25, 0.3) is 0 Å². The Morgan fingerprint density at radius 1 is 0.282 bits per heavy atom. The number of carbonyl (C=O) groups is 3. The van der Waals surface area contributed by atoms with E-state index in [1.54, 1.807) is 0 Å². The van der Waals surface area contributed by atoms with Gasteiger partial charge in [-0.1, -0.05) is 248 Å². The predicted molar refractivity (Wildman–Crippen MR) is 307 cm³/mol. The van der Waals surface area contributed by atoms with Crippen molar-refractivity contribution in [2.75, 3.05) is 13.2 Å². The Hall–Kier alpha value is -2.89. The highest BCUT2D eigenvalue weighted by atomic mass is 16.6. The van der Waals surface area contributed by atoms with Crippen LogP contribution < -0.4 is 0 Å². The third-order valence-corrected chi connectivity index (χ3v) is 13.5. The number of hydrogen-bond acceptors (Lipinski definition) is 6. The maximum absolute atomic E-state index is 12.9. The molecule has 412 valence electrons. The molecule has 0 radical (unpaired) electrons. The Kier molecular flexibility index (Phi) is 57.2. The molecule has 0 fully saturated rings. The van der Waals surface area contributed by atoms with Crippen molar-refractivity contribution in [1.82, 2.24) is 0 Å². The van der Waals surface area contributed by atoms with E-state index in [1.165, 1.54) is 193 Å². The predicted octanol–water partition coefficient (Wildman–Crippen LogP) is 20.8. The molecule has 1 atom stereocenters. The second kappa shape index (κ2) is 59.7. The highest BCUT2D eigenvalue weighted by molar-refractivity contribution is 5.71. The minimum Gasteiger partial charge on any atom is -0.462 e. The lowest BCUT2D eigenvalue weighted by atomic mass is 10.1. The molecule has 0 aromatic carbocycles. The van der Waals surface area contributed by atoms with E-state index >= 15 is 0 Å². The first-order chi connectivity index (χ1) is 35.0. The number of hydrogen-bond donors (Lipinski definition) is 0. The normalized spacial score (nSPS) is 12.4. The fourth-order valence-electron chi connectivity index (χ4n) is 8.79. The van der Waals surface area contributed by atoms with Gasteiger partial charge in [0.05, 0.1) is 0 Å². The molecule has 0 aliphatic heterocycles. The lowest BCUT2D eigenvalue weighted by Gasteiger charge is -2.18. The van der Waals surface area contributed by atoms with Gasteiger partial charge in [0.15, 0.2) is 6.10 Å². The van der Waals surface area contributed by atoms with Gasteiger partial charge in [0.25, 0.3) is 0 Å². The van der Waals surface area contributed by atoms with Crippen LogP contribution in [0.1, 0.15) is 316 Å². The Morgan fingerprint density at radius 2 is 0.507 bits per heavy atom. The van der Waals surface area contributed by atoms with E-state index in [0.29, 0.717) is 19.3 Å². The number of allylic oxidation sites excluding steroid dienone is 10. The maximum atomic E-state index is 12.9. The fraction of sp³-hybridized carbons (Fsp3) is 0.800. The van der Waals surface area contributed by atoms with Gasteiger partial charge in [-0.2, -0.15) is 0 Å². The van der Waals surface area contributed by atoms with Crippen molar-refractivity contribution in [3.05, 3.63) is 60.8 Å². The van der Waals surface area contributed by atoms with Gasteiger partial charge in [0.2, 0.25) is 0 Å². The lowest BCUT2D eigenvalue weighted by Crippen LogP contribution is -2.30. The molecular formula is C65H116O6. The standard InChI is InChI=1S/C65H116O6/c1-4-7-10-13-16-19-22-25-28-31-34-37-40-43-46-49-52-55-58-64(67)70-61-62(60-69-63(66)57-54-51-48-45-42-39-36-33-30-27-24-21-18-15-12-9-6-3)71-65(68)59-56-53-50-47-44-41-38-35-32-29-26-23-20-17-14-11-8-5-2/h18-19,21-22,27-32,62H,4-17,20,23-26,33-61H2,1-3H3/b21-18-,22-19-,30-27-,31-28-,32-29-. The number of esters is 3. The topological polar surface area (TPSA) is 78.9 Å². The molecule has 0 spiro atoms. The summed E-state index contributed by atoms with van der Waals surface area (Å²) < 4.78 is 16.9. The lowest BCUT2D eigenvalue weighted by molar-refractivity contribution is -0.167. The smallest absolute Gasteiger partial charge is 0.306 e. The van der Waals surface area contributed by atoms with Crippen molar-refractivity contribution in [2.24, 2.45) is 0 Å². The van der Waals surface area contributed by atoms with Crippen LogP contribution in [0.2, 0.25) is 0 Å². The van der Waals surface area contributed by atoms with Crippen LogP contribution in [0, 0.1) is 0 Å². The van der Waals surface area contributed by atoms with E-state index < -0.39 is 6.10 Å². The largest absolute Gasteiger partial charge is 0.462 e. The van der Waals surface area contributed by atoms with Crippen LogP contribution in [0.5, 0.6) is 0 Å². The van der Waals surface area contributed by atoms with Crippen LogP contribution in [0.4, 0.5) is 0 Å². The Labute approximate surface area is 440 Å². The van der Waals surface area contributed by atoms with Gasteiger partial charge in [-0.25, -0.2) is 0 Å². The number of unbranched alkanes of at least 4 members (excludes halogenated alkanes) is 35. The average molecular weight is 994 g/mol. The second-order valence-electron chi connectivity index (χ2n) is 20.6. The summed E-state index contributed by atoms with van der Waals surface area (Å²) in [5.74, 6) is -0.886. The number of rotatable bonds is 56. The zero-order chi connectivity index (χ0) is 51.4. The summed E-state index contributed by atoms with van der Waals surface area (Å²) in [6.45, 7) is 6.62. The molecule has 1 unspecified atom stereocenters. The number of carbonyl (C=O) groups excluding carboxylic acids is 3. The van der Waals surface area contributed by atoms with E-state index in [2.05, 4.69) is 81.5 Å². The van der Waals surface area contributed by atoms with E-state index in [0.717, 1.165) is 83.5 Å². The maximum Gasteiger partial charge on any atom is 0.306 e. The molecule has 0 heterocycles. The molecule has 6 nitrogen and oxygen atoms in total.